The molecular weight excluding hydrogens is 654 g/mol. The molecule has 2 fully saturated rings. The van der Waals surface area contributed by atoms with Crippen molar-refractivity contribution in [2.75, 3.05) is 26.3 Å². The number of halogens is 1. The van der Waals surface area contributed by atoms with Gasteiger partial charge in [0, 0.05) is 30.3 Å². The Hall–Kier alpha value is -4.48. The topological polar surface area (TPSA) is 49.9 Å². The number of rotatable bonds is 10. The molecule has 1 atom stereocenters. The van der Waals surface area contributed by atoms with Crippen LogP contribution in [0.3, 0.4) is 0 Å². The number of imide groups is 1. The van der Waals surface area contributed by atoms with Crippen LogP contribution in [-0.2, 0) is 15.7 Å². The molecule has 2 aliphatic rings. The predicted molar refractivity (Wildman–Crippen MR) is 205 cm³/mol. The highest BCUT2D eigenvalue weighted by Crippen LogP contribution is 2.58. The van der Waals surface area contributed by atoms with Gasteiger partial charge in [0.15, 0.2) is 0 Å². The zero-order valence-electron chi connectivity index (χ0n) is 28.9. The molecule has 2 amide bonds. The molecule has 0 N–H and O–H groups in total. The molecule has 0 spiro atoms. The van der Waals surface area contributed by atoms with Crippen molar-refractivity contribution < 1.29 is 18.7 Å². The third kappa shape index (κ3) is 7.46. The Bertz CT molecular complexity index is 1800. The van der Waals surface area contributed by atoms with Crippen LogP contribution >= 0.6 is 7.26 Å². The molecule has 7 heteroatoms. The highest BCUT2D eigenvalue weighted by molar-refractivity contribution is 7.95. The fourth-order valence-electron chi connectivity index (χ4n) is 7.93. The van der Waals surface area contributed by atoms with Crippen LogP contribution in [0.1, 0.15) is 59.6 Å². The monoisotopic (exact) mass is 699 g/mol. The average molecular weight is 700 g/mol. The lowest BCUT2D eigenvalue weighted by Gasteiger charge is -2.40. The smallest absolute Gasteiger partial charge is 0.261 e. The number of amides is 2. The van der Waals surface area contributed by atoms with Gasteiger partial charge in [0.2, 0.25) is 0 Å². The molecule has 0 bridgehead atoms. The summed E-state index contributed by atoms with van der Waals surface area (Å²) < 4.78 is 19.8. The minimum absolute atomic E-state index is 0.215. The lowest BCUT2D eigenvalue weighted by Crippen LogP contribution is -2.52. The van der Waals surface area contributed by atoms with Crippen molar-refractivity contribution in [3.05, 3.63) is 162 Å². The number of ether oxygens (including phenoxy) is 1. The number of morpholine rings is 1. The summed E-state index contributed by atoms with van der Waals surface area (Å²) in [5.41, 5.74) is 2.17. The zero-order valence-corrected chi connectivity index (χ0v) is 29.8. The van der Waals surface area contributed by atoms with Crippen LogP contribution in [-0.4, -0.2) is 54.0 Å². The van der Waals surface area contributed by atoms with Gasteiger partial charge in [-0.25, -0.2) is 4.39 Å². The lowest BCUT2D eigenvalue weighted by molar-refractivity contribution is -0.139. The van der Waals surface area contributed by atoms with Gasteiger partial charge >= 0.3 is 0 Å². The van der Waals surface area contributed by atoms with Crippen molar-refractivity contribution in [1.82, 2.24) is 9.80 Å². The fraction of sp³-hybridized carbons (Fsp3) is 0.273. The first-order chi connectivity index (χ1) is 25.1. The van der Waals surface area contributed by atoms with Gasteiger partial charge in [-0.3, -0.25) is 19.4 Å². The van der Waals surface area contributed by atoms with Crippen LogP contribution in [0, 0.1) is 5.82 Å². The Morgan fingerprint density at radius 3 is 1.75 bits per heavy atom. The van der Waals surface area contributed by atoms with E-state index < -0.39 is 13.3 Å². The molecule has 1 saturated carbocycles. The minimum Gasteiger partial charge on any atom is -0.379 e. The Morgan fingerprint density at radius 1 is 0.686 bits per heavy atom. The van der Waals surface area contributed by atoms with Gasteiger partial charge in [-0.1, -0.05) is 104 Å². The summed E-state index contributed by atoms with van der Waals surface area (Å²) in [5, 5.41) is 3.69. The number of nitrogens with zero attached hydrogens (tertiary/aromatic N) is 2. The highest BCUT2D eigenvalue weighted by Gasteiger charge is 2.47. The van der Waals surface area contributed by atoms with Crippen LogP contribution < -0.4 is 15.9 Å². The molecule has 5 aromatic rings. The van der Waals surface area contributed by atoms with E-state index in [1.807, 2.05) is 36.4 Å². The summed E-state index contributed by atoms with van der Waals surface area (Å²) in [4.78, 5) is 34.1. The second kappa shape index (κ2) is 16.2. The maximum Gasteiger partial charge on any atom is 0.261 e. The first kappa shape index (κ1) is 34.9. The van der Waals surface area contributed by atoms with Gasteiger partial charge < -0.3 is 4.74 Å². The van der Waals surface area contributed by atoms with Crippen LogP contribution in [0.15, 0.2) is 140 Å². The Labute approximate surface area is 301 Å². The van der Waals surface area contributed by atoms with E-state index in [9.17, 15) is 4.39 Å². The van der Waals surface area contributed by atoms with Gasteiger partial charge in [-0.2, -0.15) is 0 Å². The third-order valence-electron chi connectivity index (χ3n) is 10.5. The summed E-state index contributed by atoms with van der Waals surface area (Å²) in [6.45, 7) is 2.09. The Kier molecular flexibility index (Phi) is 11.1. The molecule has 5 aromatic carbocycles. The number of hydrogen-bond donors (Lipinski definition) is 0. The number of carbonyl (C=O) groups is 2. The van der Waals surface area contributed by atoms with Crippen LogP contribution in [0.25, 0.3) is 0 Å². The Balaban J connectivity index is 1.35. The van der Waals surface area contributed by atoms with Crippen molar-refractivity contribution in [2.45, 2.75) is 50.3 Å². The molecule has 5 nitrogen and oxygen atoms in total. The van der Waals surface area contributed by atoms with E-state index in [0.29, 0.717) is 43.6 Å². The summed E-state index contributed by atoms with van der Waals surface area (Å²) in [5.74, 6) is -0.858. The normalized spacial score (nSPS) is 16.3. The van der Waals surface area contributed by atoms with Gasteiger partial charge in [-0.15, -0.1) is 0 Å². The van der Waals surface area contributed by atoms with Crippen molar-refractivity contribution in [3.63, 3.8) is 0 Å². The molecule has 7 rings (SSSR count). The molecule has 0 aromatic heterocycles. The Morgan fingerprint density at radius 2 is 1.20 bits per heavy atom. The van der Waals surface area contributed by atoms with E-state index in [-0.39, 0.29) is 23.7 Å². The number of hydrogen-bond acceptors (Lipinski definition) is 4. The molecule has 1 heterocycles. The summed E-state index contributed by atoms with van der Waals surface area (Å²) >= 11 is 0. The van der Waals surface area contributed by atoms with E-state index in [0.717, 1.165) is 37.7 Å². The second-order valence-corrected chi connectivity index (χ2v) is 17.0. The lowest BCUT2D eigenvalue weighted by atomic mass is 9.92. The van der Waals surface area contributed by atoms with Crippen molar-refractivity contribution in [2.24, 2.45) is 0 Å². The molecular formula is C44H45FN2O3P+. The molecule has 1 aliphatic carbocycles. The van der Waals surface area contributed by atoms with Crippen LogP contribution in [0.5, 0.6) is 0 Å². The maximum absolute atomic E-state index is 15.3. The van der Waals surface area contributed by atoms with Gasteiger partial charge in [0.05, 0.1) is 19.4 Å². The summed E-state index contributed by atoms with van der Waals surface area (Å²) in [6.07, 6.45) is 5.18. The summed E-state index contributed by atoms with van der Waals surface area (Å²) in [6, 6.07) is 45.1. The minimum atomic E-state index is -2.33. The van der Waals surface area contributed by atoms with E-state index in [4.69, 9.17) is 4.74 Å². The quantitative estimate of drug-likeness (QED) is 0.140. The molecule has 51 heavy (non-hydrogen) atoms. The van der Waals surface area contributed by atoms with E-state index >= 15 is 9.59 Å². The van der Waals surface area contributed by atoms with Gasteiger partial charge in [-0.05, 0) is 73.0 Å². The van der Waals surface area contributed by atoms with E-state index in [1.165, 1.54) is 28.0 Å². The number of benzene rings is 5. The fourth-order valence-corrected chi connectivity index (χ4v) is 12.2. The third-order valence-corrected chi connectivity index (χ3v) is 14.8. The van der Waals surface area contributed by atoms with Crippen LogP contribution in [0.4, 0.5) is 4.39 Å². The largest absolute Gasteiger partial charge is 0.379 e. The molecule has 1 saturated heterocycles. The van der Waals surface area contributed by atoms with Gasteiger partial charge in [0.25, 0.3) is 11.8 Å². The molecule has 1 aliphatic heterocycles. The zero-order chi connectivity index (χ0) is 35.0. The highest BCUT2D eigenvalue weighted by atomic mass is 31.2. The van der Waals surface area contributed by atoms with Crippen LogP contribution in [0.2, 0.25) is 0 Å². The SMILES string of the molecule is O=C(c1ccccc1C[P+](c1ccccc1)(c1ccccc1)c1ccccc1)N(C(=O)C(c1ccc(F)cc1)N1CCOCC1)C1CCCCC1. The second-order valence-electron chi connectivity index (χ2n) is 13.5. The average Bonchev–Trinajstić information content (AvgIpc) is 3.20. The predicted octanol–water partition coefficient (Wildman–Crippen LogP) is 7.69. The standard InChI is InChI=1S/C44H45FN2O3P/c45-36-27-25-34(26-28-36)42(46-29-31-50-32-30-46)44(49)47(37-16-5-1-6-17-37)43(48)41-24-14-13-15-35(41)33-51(38-18-7-2-8-19-38,39-20-9-3-10-21-39)40-22-11-4-12-23-40/h2-4,7-15,18-28,37,42H,1,5-6,16-17,29-33H2/q+1. The molecule has 260 valence electrons. The van der Waals surface area contributed by atoms with Crippen molar-refractivity contribution in [3.8, 4) is 0 Å². The molecule has 0 radical (unpaired) electrons. The maximum atomic E-state index is 15.3. The first-order valence-electron chi connectivity index (χ1n) is 18.1. The van der Waals surface area contributed by atoms with E-state index in [1.54, 1.807) is 17.0 Å². The van der Waals surface area contributed by atoms with E-state index in [2.05, 4.69) is 83.8 Å². The van der Waals surface area contributed by atoms with Crippen molar-refractivity contribution in [1.29, 1.82) is 0 Å². The van der Waals surface area contributed by atoms with Crippen molar-refractivity contribution >= 4 is 35.0 Å². The van der Waals surface area contributed by atoms with Gasteiger partial charge in [0.1, 0.15) is 35.0 Å². The number of carbonyl (C=O) groups excluding carboxylic acids is 2. The molecule has 1 unspecified atom stereocenters. The summed E-state index contributed by atoms with van der Waals surface area (Å²) in [7, 11) is -2.33. The first-order valence-corrected chi connectivity index (χ1v) is 20.1.